The van der Waals surface area contributed by atoms with Gasteiger partial charge in [-0.15, -0.1) is 0 Å². The van der Waals surface area contributed by atoms with E-state index in [9.17, 15) is 19.4 Å². The van der Waals surface area contributed by atoms with Gasteiger partial charge in [-0.3, -0.25) is 4.79 Å². The van der Waals surface area contributed by atoms with Crippen molar-refractivity contribution in [3.63, 3.8) is 0 Å². The summed E-state index contributed by atoms with van der Waals surface area (Å²) in [5.74, 6) is -0.170. The highest BCUT2D eigenvalue weighted by molar-refractivity contribution is 5.94. The molecule has 2 aliphatic heterocycles. The van der Waals surface area contributed by atoms with E-state index in [1.807, 2.05) is 30.0 Å². The van der Waals surface area contributed by atoms with Crippen molar-refractivity contribution >= 4 is 11.6 Å². The van der Waals surface area contributed by atoms with Crippen LogP contribution in [0.2, 0.25) is 0 Å². The smallest absolute Gasteiger partial charge is 0.226 e. The van der Waals surface area contributed by atoms with Crippen molar-refractivity contribution in [2.45, 2.75) is 50.7 Å². The van der Waals surface area contributed by atoms with E-state index in [1.165, 1.54) is 12.1 Å². The van der Waals surface area contributed by atoms with E-state index in [0.717, 1.165) is 41.8 Å². The molecular formula is C25H31FN2O3. The summed E-state index contributed by atoms with van der Waals surface area (Å²) < 4.78 is 13.2. The molecule has 0 radical (unpaired) electrons. The lowest BCUT2D eigenvalue weighted by Crippen LogP contribution is -2.44. The molecular weight excluding hydrogens is 395 g/mol. The zero-order valence-corrected chi connectivity index (χ0v) is 18.1. The van der Waals surface area contributed by atoms with Crippen molar-refractivity contribution in [2.75, 3.05) is 31.1 Å². The molecule has 0 spiro atoms. The zero-order valence-electron chi connectivity index (χ0n) is 18.1. The second-order valence-electron chi connectivity index (χ2n) is 8.75. The third-order valence-corrected chi connectivity index (χ3v) is 6.71. The average Bonchev–Trinajstić information content (AvgIpc) is 2.79. The summed E-state index contributed by atoms with van der Waals surface area (Å²) in [5.41, 5.74) is 2.75. The number of carbonyl (C=O) groups excluding carboxylic acids is 1. The molecule has 2 aromatic rings. The molecule has 2 aliphatic rings. The van der Waals surface area contributed by atoms with Crippen LogP contribution in [0, 0.1) is 5.82 Å². The van der Waals surface area contributed by atoms with Crippen LogP contribution >= 0.6 is 0 Å². The van der Waals surface area contributed by atoms with Crippen LogP contribution in [0.25, 0.3) is 0 Å². The number of likely N-dealkylation sites (tertiary alicyclic amines) is 1. The van der Waals surface area contributed by atoms with Gasteiger partial charge in [-0.1, -0.05) is 31.2 Å². The SMILES string of the molecule is CCC(=O)N1CCCc2cc([C@@H](O)CN3CCC(O)(c4ccc(F)cc4)CC3)ccc21. The minimum atomic E-state index is -0.948. The largest absolute Gasteiger partial charge is 0.387 e. The zero-order chi connectivity index (χ0) is 22.0. The molecule has 0 saturated carbocycles. The molecule has 1 atom stereocenters. The first-order valence-electron chi connectivity index (χ1n) is 11.2. The van der Waals surface area contributed by atoms with Gasteiger partial charge in [0.2, 0.25) is 5.91 Å². The van der Waals surface area contributed by atoms with Gasteiger partial charge in [0.05, 0.1) is 11.7 Å². The number of aliphatic hydroxyl groups is 2. The van der Waals surface area contributed by atoms with Gasteiger partial charge >= 0.3 is 0 Å². The van der Waals surface area contributed by atoms with E-state index in [1.54, 1.807) is 12.1 Å². The summed E-state index contributed by atoms with van der Waals surface area (Å²) in [6.45, 7) is 4.45. The van der Waals surface area contributed by atoms with Crippen LogP contribution in [0.1, 0.15) is 55.4 Å². The third-order valence-electron chi connectivity index (χ3n) is 6.71. The van der Waals surface area contributed by atoms with Crippen molar-refractivity contribution in [3.05, 3.63) is 65.0 Å². The minimum absolute atomic E-state index is 0.135. The van der Waals surface area contributed by atoms with Crippen LogP contribution in [0.5, 0.6) is 0 Å². The first-order chi connectivity index (χ1) is 14.9. The fraction of sp³-hybridized carbons (Fsp3) is 0.480. The molecule has 2 heterocycles. The van der Waals surface area contributed by atoms with Crippen LogP contribution in [0.4, 0.5) is 10.1 Å². The first-order valence-corrected chi connectivity index (χ1v) is 11.2. The van der Waals surface area contributed by atoms with E-state index in [-0.39, 0.29) is 11.7 Å². The summed E-state index contributed by atoms with van der Waals surface area (Å²) >= 11 is 0. The highest BCUT2D eigenvalue weighted by Gasteiger charge is 2.34. The predicted octanol–water partition coefficient (Wildman–Crippen LogP) is 3.53. The Morgan fingerprint density at radius 2 is 1.84 bits per heavy atom. The van der Waals surface area contributed by atoms with E-state index >= 15 is 0 Å². The molecule has 0 unspecified atom stereocenters. The van der Waals surface area contributed by atoms with Crippen LogP contribution in [-0.2, 0) is 16.8 Å². The number of benzene rings is 2. The van der Waals surface area contributed by atoms with E-state index in [0.29, 0.717) is 38.9 Å². The number of nitrogens with zero attached hydrogens (tertiary/aromatic N) is 2. The fourth-order valence-electron chi connectivity index (χ4n) is 4.78. The maximum atomic E-state index is 13.2. The Morgan fingerprint density at radius 3 is 2.52 bits per heavy atom. The summed E-state index contributed by atoms with van der Waals surface area (Å²) in [5, 5.41) is 21.8. The van der Waals surface area contributed by atoms with Gasteiger partial charge in [0.15, 0.2) is 0 Å². The number of carbonyl (C=O) groups is 1. The number of hydrogen-bond acceptors (Lipinski definition) is 4. The normalized spacial score (nSPS) is 19.7. The molecule has 166 valence electrons. The number of aliphatic hydroxyl groups excluding tert-OH is 1. The lowest BCUT2D eigenvalue weighted by atomic mass is 9.84. The second kappa shape index (κ2) is 9.07. The molecule has 2 N–H and O–H groups in total. The maximum absolute atomic E-state index is 13.2. The molecule has 0 aromatic heterocycles. The Bertz CT molecular complexity index is 923. The van der Waals surface area contributed by atoms with Gasteiger partial charge in [-0.05, 0) is 60.6 Å². The summed E-state index contributed by atoms with van der Waals surface area (Å²) in [7, 11) is 0. The highest BCUT2D eigenvalue weighted by atomic mass is 19.1. The number of amides is 1. The standard InChI is InChI=1S/C25H31FN2O3/c1-2-24(30)28-13-3-4-18-16-19(5-10-22(18)28)23(29)17-27-14-11-25(31,12-15-27)20-6-8-21(26)9-7-20/h5-10,16,23,29,31H,2-4,11-15,17H2,1H3/t23-/m0/s1. The Labute approximate surface area is 183 Å². The summed E-state index contributed by atoms with van der Waals surface area (Å²) in [4.78, 5) is 16.2. The Hall–Kier alpha value is -2.28. The number of fused-ring (bicyclic) bond motifs is 1. The van der Waals surface area contributed by atoms with Gasteiger partial charge in [-0.25, -0.2) is 4.39 Å². The average molecular weight is 427 g/mol. The lowest BCUT2D eigenvalue weighted by Gasteiger charge is -2.39. The number of rotatable bonds is 5. The predicted molar refractivity (Wildman–Crippen MR) is 118 cm³/mol. The molecule has 6 heteroatoms. The van der Waals surface area contributed by atoms with Gasteiger partial charge in [-0.2, -0.15) is 0 Å². The van der Waals surface area contributed by atoms with Crippen LogP contribution in [0.15, 0.2) is 42.5 Å². The van der Waals surface area contributed by atoms with Crippen molar-refractivity contribution < 1.29 is 19.4 Å². The van der Waals surface area contributed by atoms with E-state index < -0.39 is 11.7 Å². The van der Waals surface area contributed by atoms with E-state index in [2.05, 4.69) is 4.90 Å². The number of halogens is 1. The second-order valence-corrected chi connectivity index (χ2v) is 8.75. The summed E-state index contributed by atoms with van der Waals surface area (Å²) in [6.07, 6.45) is 2.81. The molecule has 0 aliphatic carbocycles. The molecule has 1 fully saturated rings. The number of β-amino-alcohol motifs (C(OH)–C–C–N with tert-alkyl or cyclic N) is 1. The Kier molecular flexibility index (Phi) is 6.42. The van der Waals surface area contributed by atoms with Gasteiger partial charge < -0.3 is 20.0 Å². The van der Waals surface area contributed by atoms with Crippen molar-refractivity contribution in [1.29, 1.82) is 0 Å². The first kappa shape index (κ1) is 21.9. The number of hydrogen-bond donors (Lipinski definition) is 2. The molecule has 4 rings (SSSR count). The topological polar surface area (TPSA) is 64.0 Å². The van der Waals surface area contributed by atoms with Gasteiger partial charge in [0.1, 0.15) is 5.82 Å². The van der Waals surface area contributed by atoms with Crippen molar-refractivity contribution in [3.8, 4) is 0 Å². The van der Waals surface area contributed by atoms with Crippen molar-refractivity contribution in [1.82, 2.24) is 4.90 Å². The third kappa shape index (κ3) is 4.66. The van der Waals surface area contributed by atoms with Gasteiger partial charge in [0.25, 0.3) is 0 Å². The molecule has 1 saturated heterocycles. The number of aryl methyl sites for hydroxylation is 1. The molecule has 1 amide bonds. The Balaban J connectivity index is 1.39. The fourth-order valence-corrected chi connectivity index (χ4v) is 4.78. The molecule has 0 bridgehead atoms. The van der Waals surface area contributed by atoms with Crippen molar-refractivity contribution in [2.24, 2.45) is 0 Å². The van der Waals surface area contributed by atoms with Gasteiger partial charge in [0, 0.05) is 38.3 Å². The maximum Gasteiger partial charge on any atom is 0.226 e. The Morgan fingerprint density at radius 1 is 1.13 bits per heavy atom. The number of piperidine rings is 1. The number of anilines is 1. The highest BCUT2D eigenvalue weighted by Crippen LogP contribution is 2.34. The quantitative estimate of drug-likeness (QED) is 0.768. The summed E-state index contributed by atoms with van der Waals surface area (Å²) in [6, 6.07) is 12.0. The van der Waals surface area contributed by atoms with Crippen LogP contribution < -0.4 is 4.90 Å². The monoisotopic (exact) mass is 426 g/mol. The molecule has 31 heavy (non-hydrogen) atoms. The van der Waals surface area contributed by atoms with Crippen LogP contribution in [-0.4, -0.2) is 47.2 Å². The van der Waals surface area contributed by atoms with E-state index in [4.69, 9.17) is 0 Å². The molecule has 2 aromatic carbocycles. The molecule has 5 nitrogen and oxygen atoms in total. The lowest BCUT2D eigenvalue weighted by molar-refractivity contribution is -0.118. The van der Waals surface area contributed by atoms with Crippen LogP contribution in [0.3, 0.4) is 0 Å². The minimum Gasteiger partial charge on any atom is -0.387 e.